The highest BCUT2D eigenvalue weighted by atomic mass is 32.1. The molecule has 1 N–H and O–H groups in total. The van der Waals surface area contributed by atoms with Gasteiger partial charge in [0.2, 0.25) is 0 Å². The summed E-state index contributed by atoms with van der Waals surface area (Å²) in [4.78, 5) is 6.68. The zero-order chi connectivity index (χ0) is 9.80. The summed E-state index contributed by atoms with van der Waals surface area (Å²) in [5, 5.41) is 11.8. The number of aliphatic hydroxyl groups is 1. The van der Waals surface area contributed by atoms with Crippen LogP contribution in [0.5, 0.6) is 0 Å². The molecule has 4 nitrogen and oxygen atoms in total. The smallest absolute Gasteiger partial charge is 0.185 e. The molecule has 2 rings (SSSR count). The molecule has 0 radical (unpaired) electrons. The Bertz CT molecular complexity index is 284. The van der Waals surface area contributed by atoms with E-state index in [2.05, 4.69) is 9.88 Å². The van der Waals surface area contributed by atoms with E-state index in [9.17, 15) is 0 Å². The standard InChI is InChI=1S/C9H14N2O2S/c12-4-1-8-7-14-9(10-8)11-2-5-13-6-3-11/h7,12H,1-6H2. The molecule has 1 saturated heterocycles. The molecule has 0 unspecified atom stereocenters. The summed E-state index contributed by atoms with van der Waals surface area (Å²) in [6.45, 7) is 3.59. The molecule has 0 amide bonds. The number of hydrogen-bond acceptors (Lipinski definition) is 5. The second kappa shape index (κ2) is 4.72. The van der Waals surface area contributed by atoms with Gasteiger partial charge in [-0.2, -0.15) is 0 Å². The molecule has 0 atom stereocenters. The van der Waals surface area contributed by atoms with Gasteiger partial charge in [0, 0.05) is 31.5 Å². The maximum atomic E-state index is 8.77. The van der Waals surface area contributed by atoms with Crippen LogP contribution in [0.3, 0.4) is 0 Å². The van der Waals surface area contributed by atoms with E-state index in [-0.39, 0.29) is 6.61 Å². The highest BCUT2D eigenvalue weighted by molar-refractivity contribution is 7.13. The predicted molar refractivity (Wildman–Crippen MR) is 55.9 cm³/mol. The first-order valence-corrected chi connectivity index (χ1v) is 5.66. The molecule has 0 saturated carbocycles. The van der Waals surface area contributed by atoms with E-state index < -0.39 is 0 Å². The molecule has 1 aliphatic heterocycles. The van der Waals surface area contributed by atoms with E-state index in [4.69, 9.17) is 9.84 Å². The van der Waals surface area contributed by atoms with Gasteiger partial charge in [0.25, 0.3) is 0 Å². The Labute approximate surface area is 87.1 Å². The highest BCUT2D eigenvalue weighted by Crippen LogP contribution is 2.21. The lowest BCUT2D eigenvalue weighted by Gasteiger charge is -2.26. The predicted octanol–water partition coefficient (Wildman–Crippen LogP) is 0.514. The maximum Gasteiger partial charge on any atom is 0.185 e. The Morgan fingerprint density at radius 2 is 2.29 bits per heavy atom. The van der Waals surface area contributed by atoms with Crippen LogP contribution in [0, 0.1) is 0 Å². The van der Waals surface area contributed by atoms with Crippen LogP contribution in [-0.2, 0) is 11.2 Å². The van der Waals surface area contributed by atoms with E-state index >= 15 is 0 Å². The van der Waals surface area contributed by atoms with E-state index in [1.54, 1.807) is 11.3 Å². The minimum Gasteiger partial charge on any atom is -0.396 e. The lowest BCUT2D eigenvalue weighted by atomic mass is 10.4. The second-order valence-corrected chi connectivity index (χ2v) is 4.03. The first kappa shape index (κ1) is 9.89. The SMILES string of the molecule is OCCc1csc(N2CCOCC2)n1. The number of anilines is 1. The minimum absolute atomic E-state index is 0.173. The van der Waals surface area contributed by atoms with Crippen LogP contribution >= 0.6 is 11.3 Å². The Kier molecular flexibility index (Phi) is 3.34. The molecule has 5 heteroatoms. The normalized spacial score (nSPS) is 17.4. The minimum atomic E-state index is 0.173. The van der Waals surface area contributed by atoms with Crippen molar-refractivity contribution in [3.8, 4) is 0 Å². The van der Waals surface area contributed by atoms with E-state index in [1.807, 2.05) is 5.38 Å². The zero-order valence-electron chi connectivity index (χ0n) is 7.98. The zero-order valence-corrected chi connectivity index (χ0v) is 8.79. The molecule has 14 heavy (non-hydrogen) atoms. The average molecular weight is 214 g/mol. The summed E-state index contributed by atoms with van der Waals surface area (Å²) in [5.41, 5.74) is 0.985. The van der Waals surface area contributed by atoms with E-state index in [1.165, 1.54) is 0 Å². The topological polar surface area (TPSA) is 45.6 Å². The first-order valence-electron chi connectivity index (χ1n) is 4.78. The molecule has 0 aliphatic carbocycles. The fourth-order valence-electron chi connectivity index (χ4n) is 1.43. The number of nitrogens with zero attached hydrogens (tertiary/aromatic N) is 2. The Balaban J connectivity index is 2.00. The molecule has 0 spiro atoms. The first-order chi connectivity index (χ1) is 6.90. The largest absolute Gasteiger partial charge is 0.396 e. The van der Waals surface area contributed by atoms with Crippen molar-refractivity contribution < 1.29 is 9.84 Å². The molecular weight excluding hydrogens is 200 g/mol. The molecule has 0 aromatic carbocycles. The van der Waals surface area contributed by atoms with Gasteiger partial charge in [0.1, 0.15) is 0 Å². The van der Waals surface area contributed by atoms with Gasteiger partial charge in [-0.1, -0.05) is 0 Å². The molecule has 1 aromatic heterocycles. The van der Waals surface area contributed by atoms with E-state index in [0.29, 0.717) is 6.42 Å². The maximum absolute atomic E-state index is 8.77. The van der Waals surface area contributed by atoms with Crippen molar-refractivity contribution in [1.82, 2.24) is 4.98 Å². The third-order valence-electron chi connectivity index (χ3n) is 2.19. The van der Waals surface area contributed by atoms with Crippen molar-refractivity contribution in [3.05, 3.63) is 11.1 Å². The van der Waals surface area contributed by atoms with Gasteiger partial charge in [-0.25, -0.2) is 4.98 Å². The van der Waals surface area contributed by atoms with E-state index in [0.717, 1.165) is 37.1 Å². The van der Waals surface area contributed by atoms with Gasteiger partial charge in [-0.05, 0) is 0 Å². The van der Waals surface area contributed by atoms with Gasteiger partial charge < -0.3 is 14.7 Å². The van der Waals surface area contributed by atoms with Crippen LogP contribution in [0.15, 0.2) is 5.38 Å². The van der Waals surface area contributed by atoms with Gasteiger partial charge in [0.15, 0.2) is 5.13 Å². The van der Waals surface area contributed by atoms with Crippen molar-refractivity contribution in [2.24, 2.45) is 0 Å². The van der Waals surface area contributed by atoms with Crippen LogP contribution in [0.2, 0.25) is 0 Å². The molecular formula is C9H14N2O2S. The highest BCUT2D eigenvalue weighted by Gasteiger charge is 2.14. The van der Waals surface area contributed by atoms with Crippen molar-refractivity contribution in [2.75, 3.05) is 37.8 Å². The summed E-state index contributed by atoms with van der Waals surface area (Å²) in [5.74, 6) is 0. The monoisotopic (exact) mass is 214 g/mol. The molecule has 1 aliphatic rings. The van der Waals surface area contributed by atoms with Crippen LogP contribution in [0.4, 0.5) is 5.13 Å². The number of thiazole rings is 1. The van der Waals surface area contributed by atoms with Crippen molar-refractivity contribution >= 4 is 16.5 Å². The fourth-order valence-corrected chi connectivity index (χ4v) is 2.34. The number of ether oxygens (including phenoxy) is 1. The Morgan fingerprint density at radius 1 is 1.50 bits per heavy atom. The third-order valence-corrected chi connectivity index (χ3v) is 3.14. The summed E-state index contributed by atoms with van der Waals surface area (Å²) < 4.78 is 5.27. The summed E-state index contributed by atoms with van der Waals surface area (Å²) in [6.07, 6.45) is 0.654. The van der Waals surface area contributed by atoms with Crippen LogP contribution in [-0.4, -0.2) is 43.0 Å². The lowest BCUT2D eigenvalue weighted by Crippen LogP contribution is -2.36. The van der Waals surface area contributed by atoms with Crippen molar-refractivity contribution in [2.45, 2.75) is 6.42 Å². The van der Waals surface area contributed by atoms with Crippen LogP contribution in [0.25, 0.3) is 0 Å². The van der Waals surface area contributed by atoms with Gasteiger partial charge in [-0.3, -0.25) is 0 Å². The van der Waals surface area contributed by atoms with Gasteiger partial charge >= 0.3 is 0 Å². The van der Waals surface area contributed by atoms with Gasteiger partial charge in [0.05, 0.1) is 18.9 Å². The van der Waals surface area contributed by atoms with Gasteiger partial charge in [-0.15, -0.1) is 11.3 Å². The molecule has 0 bridgehead atoms. The number of hydrogen-bond donors (Lipinski definition) is 1. The lowest BCUT2D eigenvalue weighted by molar-refractivity contribution is 0.122. The molecule has 1 aromatic rings. The van der Waals surface area contributed by atoms with Crippen LogP contribution in [0.1, 0.15) is 5.69 Å². The molecule has 2 heterocycles. The number of aliphatic hydroxyl groups excluding tert-OH is 1. The average Bonchev–Trinajstić information content (AvgIpc) is 2.68. The molecule has 1 fully saturated rings. The number of morpholine rings is 1. The molecule has 78 valence electrons. The Morgan fingerprint density at radius 3 is 3.00 bits per heavy atom. The second-order valence-electron chi connectivity index (χ2n) is 3.19. The van der Waals surface area contributed by atoms with Crippen molar-refractivity contribution in [1.29, 1.82) is 0 Å². The Hall–Kier alpha value is -0.650. The van der Waals surface area contributed by atoms with Crippen molar-refractivity contribution in [3.63, 3.8) is 0 Å². The quantitative estimate of drug-likeness (QED) is 0.796. The fraction of sp³-hybridized carbons (Fsp3) is 0.667. The third kappa shape index (κ3) is 2.23. The number of aromatic nitrogens is 1. The summed E-state index contributed by atoms with van der Waals surface area (Å²) in [7, 11) is 0. The summed E-state index contributed by atoms with van der Waals surface area (Å²) >= 11 is 1.64. The summed E-state index contributed by atoms with van der Waals surface area (Å²) in [6, 6.07) is 0. The number of rotatable bonds is 3. The van der Waals surface area contributed by atoms with Crippen LogP contribution < -0.4 is 4.90 Å².